The Morgan fingerprint density at radius 2 is 1.37 bits per heavy atom. The van der Waals surface area contributed by atoms with Crippen LogP contribution >= 0.6 is 0 Å². The van der Waals surface area contributed by atoms with Crippen LogP contribution in [-0.4, -0.2) is 53.6 Å². The van der Waals surface area contributed by atoms with Crippen LogP contribution in [0.25, 0.3) is 0 Å². The third-order valence-electron chi connectivity index (χ3n) is 8.02. The molecule has 1 atom stereocenters. The zero-order chi connectivity index (χ0) is 38.9. The first-order valence-corrected chi connectivity index (χ1v) is 18.8. The second-order valence-electron chi connectivity index (χ2n) is 15.0. The molecule has 51 heavy (non-hydrogen) atoms. The van der Waals surface area contributed by atoms with Gasteiger partial charge in [0.25, 0.3) is 0 Å². The summed E-state index contributed by atoms with van der Waals surface area (Å²) in [4.78, 5) is 12.3. The summed E-state index contributed by atoms with van der Waals surface area (Å²) in [5.41, 5.74) is 6.43. The van der Waals surface area contributed by atoms with Gasteiger partial charge in [-0.25, -0.2) is 4.98 Å². The van der Waals surface area contributed by atoms with Crippen LogP contribution in [0.15, 0.2) is 74.0 Å². The lowest BCUT2D eigenvalue weighted by Gasteiger charge is -2.06. The maximum absolute atomic E-state index is 8.63. The Morgan fingerprint density at radius 1 is 0.725 bits per heavy atom. The highest BCUT2D eigenvalue weighted by atomic mass is 16.5. The number of nitrogens with zero attached hydrogens (tertiary/aromatic N) is 6. The van der Waals surface area contributed by atoms with Crippen LogP contribution in [0.4, 0.5) is 0 Å². The van der Waals surface area contributed by atoms with Crippen molar-refractivity contribution in [3.63, 3.8) is 0 Å². The molecular weight excluding hydrogens is 633 g/mol. The van der Waals surface area contributed by atoms with Gasteiger partial charge in [-0.3, -0.25) is 9.97 Å². The molecule has 8 nitrogen and oxygen atoms in total. The molecule has 0 spiro atoms. The summed E-state index contributed by atoms with van der Waals surface area (Å²) in [6.45, 7) is 32.4. The molecule has 0 aliphatic heterocycles. The lowest BCUT2D eigenvalue weighted by Crippen LogP contribution is -2.07. The fourth-order valence-electron chi connectivity index (χ4n) is 4.01. The van der Waals surface area contributed by atoms with Gasteiger partial charge in [0.1, 0.15) is 0 Å². The smallest absolute Gasteiger partial charge is 0.0948 e. The van der Waals surface area contributed by atoms with Gasteiger partial charge < -0.3 is 14.4 Å². The average Bonchev–Trinajstić information content (AvgIpc) is 3.75. The van der Waals surface area contributed by atoms with Crippen molar-refractivity contribution in [2.24, 2.45) is 11.8 Å². The Kier molecular flexibility index (Phi) is 25.3. The fourth-order valence-corrected chi connectivity index (χ4v) is 4.01. The van der Waals surface area contributed by atoms with Crippen LogP contribution < -0.4 is 0 Å². The van der Waals surface area contributed by atoms with E-state index in [1.165, 1.54) is 40.8 Å². The van der Waals surface area contributed by atoms with E-state index in [4.69, 9.17) is 9.84 Å². The summed E-state index contributed by atoms with van der Waals surface area (Å²) in [7, 11) is 0. The first kappa shape index (κ1) is 47.5. The van der Waals surface area contributed by atoms with E-state index in [9.17, 15) is 0 Å². The van der Waals surface area contributed by atoms with Crippen molar-refractivity contribution in [3.05, 3.63) is 102 Å². The quantitative estimate of drug-likeness (QED) is 0.195. The molecule has 0 radical (unpaired) electrons. The van der Waals surface area contributed by atoms with Gasteiger partial charge in [0, 0.05) is 55.5 Å². The molecule has 8 heteroatoms. The lowest BCUT2D eigenvalue weighted by molar-refractivity contribution is 0.0707. The molecular formula is C43H72N6O2. The standard InChI is InChI=1S/2C9H13N.C7H10N2.C7H14O.C6H10N2.C5H12O/c1-7(2)9-6-10-5-4-8(9)3;1-7(2)9-8(3)5-4-6-10-9;1-6(2)7-3-4-8-9-5-7;1-6(2)8-5-7-3-4-7;1-6(2)8-4-3-7-5-8;1-4(2)5(3)6/h2*4-7H,1-3H3;3-6H,1-2H3;6-7H,3-5H2,1-2H3;3-6H,1-2H3;4-6H,1-3H3. The number of hydrogen-bond acceptors (Lipinski definition) is 7. The Balaban J connectivity index is 0.000000593. The van der Waals surface area contributed by atoms with E-state index in [0.717, 1.165) is 12.5 Å². The molecule has 0 bridgehead atoms. The summed E-state index contributed by atoms with van der Waals surface area (Å²) < 4.78 is 7.42. The molecule has 1 aliphatic carbocycles. The zero-order valence-corrected chi connectivity index (χ0v) is 34.7. The maximum atomic E-state index is 8.63. The summed E-state index contributed by atoms with van der Waals surface area (Å²) in [6.07, 6.45) is 17.8. The Labute approximate surface area is 312 Å². The van der Waals surface area contributed by atoms with E-state index in [0.29, 0.717) is 35.8 Å². The normalized spacial score (nSPS) is 12.4. The molecule has 1 fully saturated rings. The van der Waals surface area contributed by atoms with Crippen LogP contribution in [0, 0.1) is 25.7 Å². The predicted molar refractivity (Wildman–Crippen MR) is 215 cm³/mol. The van der Waals surface area contributed by atoms with Crippen LogP contribution in [0.1, 0.15) is 155 Å². The molecule has 1 unspecified atom stereocenters. The van der Waals surface area contributed by atoms with E-state index in [1.807, 2.05) is 57.1 Å². The predicted octanol–water partition coefficient (Wildman–Crippen LogP) is 10.9. The van der Waals surface area contributed by atoms with E-state index in [-0.39, 0.29) is 6.10 Å². The van der Waals surface area contributed by atoms with Crippen molar-refractivity contribution < 1.29 is 9.84 Å². The van der Waals surface area contributed by atoms with Crippen molar-refractivity contribution in [1.29, 1.82) is 0 Å². The molecule has 286 valence electrons. The number of aliphatic hydroxyl groups is 1. The largest absolute Gasteiger partial charge is 0.393 e. The van der Waals surface area contributed by atoms with Crippen molar-refractivity contribution >= 4 is 0 Å². The molecule has 1 N–H and O–H groups in total. The Hall–Kier alpha value is -3.49. The van der Waals surface area contributed by atoms with Crippen LogP contribution in [0.3, 0.4) is 0 Å². The maximum Gasteiger partial charge on any atom is 0.0948 e. The number of imidazole rings is 1. The second kappa shape index (κ2) is 27.2. The minimum atomic E-state index is -0.148. The molecule has 0 aromatic carbocycles. The van der Waals surface area contributed by atoms with Crippen molar-refractivity contribution in [3.8, 4) is 0 Å². The van der Waals surface area contributed by atoms with E-state index < -0.39 is 0 Å². The van der Waals surface area contributed by atoms with Gasteiger partial charge in [-0.05, 0) is 131 Å². The zero-order valence-electron chi connectivity index (χ0n) is 34.7. The highest BCUT2D eigenvalue weighted by molar-refractivity contribution is 5.24. The fraction of sp³-hybridized carbons (Fsp3) is 0.605. The van der Waals surface area contributed by atoms with Crippen molar-refractivity contribution in [2.45, 2.75) is 153 Å². The number of rotatable bonds is 8. The minimum absolute atomic E-state index is 0.148. The van der Waals surface area contributed by atoms with E-state index in [1.54, 1.807) is 25.5 Å². The first-order valence-electron chi connectivity index (χ1n) is 18.8. The summed E-state index contributed by atoms with van der Waals surface area (Å²) in [5, 5.41) is 16.1. The first-order chi connectivity index (χ1) is 24.0. The molecule has 0 amide bonds. The molecule has 4 aromatic heterocycles. The molecule has 5 rings (SSSR count). The number of ether oxygens (including phenoxy) is 1. The van der Waals surface area contributed by atoms with Gasteiger partial charge in [-0.15, -0.1) is 0 Å². The lowest BCUT2D eigenvalue weighted by atomic mass is 10.0. The van der Waals surface area contributed by atoms with Gasteiger partial charge in [0.05, 0.1) is 24.7 Å². The third-order valence-corrected chi connectivity index (χ3v) is 8.02. The Morgan fingerprint density at radius 3 is 1.69 bits per heavy atom. The Bertz CT molecular complexity index is 1310. The van der Waals surface area contributed by atoms with Gasteiger partial charge in [-0.1, -0.05) is 61.5 Å². The number of aryl methyl sites for hydroxylation is 2. The monoisotopic (exact) mass is 705 g/mol. The summed E-state index contributed by atoms with van der Waals surface area (Å²) in [5.74, 6) is 3.01. The summed E-state index contributed by atoms with van der Waals surface area (Å²) >= 11 is 0. The molecule has 0 saturated heterocycles. The molecule has 4 heterocycles. The molecule has 1 saturated carbocycles. The van der Waals surface area contributed by atoms with E-state index in [2.05, 4.69) is 125 Å². The minimum Gasteiger partial charge on any atom is -0.393 e. The topological polar surface area (TPSA) is 98.8 Å². The van der Waals surface area contributed by atoms with E-state index >= 15 is 0 Å². The highest BCUT2D eigenvalue weighted by Gasteiger charge is 2.21. The van der Waals surface area contributed by atoms with Crippen LogP contribution in [-0.2, 0) is 4.74 Å². The number of pyridine rings is 2. The third kappa shape index (κ3) is 24.4. The number of aliphatic hydroxyl groups excluding tert-OH is 1. The summed E-state index contributed by atoms with van der Waals surface area (Å²) in [6, 6.07) is 8.65. The number of aromatic nitrogens is 6. The van der Waals surface area contributed by atoms with Crippen LogP contribution in [0.5, 0.6) is 0 Å². The van der Waals surface area contributed by atoms with Crippen molar-refractivity contribution in [2.75, 3.05) is 6.61 Å². The van der Waals surface area contributed by atoms with Gasteiger partial charge in [-0.2, -0.15) is 10.2 Å². The van der Waals surface area contributed by atoms with Crippen LogP contribution in [0.2, 0.25) is 0 Å². The highest BCUT2D eigenvalue weighted by Crippen LogP contribution is 2.29. The molecule has 4 aromatic rings. The molecule has 1 aliphatic rings. The van der Waals surface area contributed by atoms with Gasteiger partial charge in [0.15, 0.2) is 0 Å². The SMILES string of the molecule is CC(C)C(C)O.CC(C)OCC1CC1.CC(C)c1ccnnc1.CC(C)n1ccnc1.Cc1cccnc1C(C)C.Cc1ccncc1C(C)C. The van der Waals surface area contributed by atoms with Gasteiger partial charge >= 0.3 is 0 Å². The number of hydrogen-bond donors (Lipinski definition) is 1. The second-order valence-corrected chi connectivity index (χ2v) is 15.0. The van der Waals surface area contributed by atoms with Gasteiger partial charge in [0.2, 0.25) is 0 Å². The average molecular weight is 705 g/mol. The van der Waals surface area contributed by atoms with Crippen molar-refractivity contribution in [1.82, 2.24) is 29.7 Å².